The van der Waals surface area contributed by atoms with E-state index in [1.54, 1.807) is 0 Å². The van der Waals surface area contributed by atoms with Crippen molar-refractivity contribution in [3.8, 4) is 0 Å². The zero-order valence-corrected chi connectivity index (χ0v) is 28.3. The highest BCUT2D eigenvalue weighted by molar-refractivity contribution is 8.77. The minimum Gasteiger partial charge on any atom is -0.465 e. The van der Waals surface area contributed by atoms with Gasteiger partial charge in [-0.05, 0) is 12.8 Å². The molecule has 0 amide bonds. The molecule has 40 heavy (non-hydrogen) atoms. The number of carbonyl (C=O) groups excluding carboxylic acids is 2. The average Bonchev–Trinajstić information content (AvgIpc) is 2.95. The molecule has 0 aromatic heterocycles. The van der Waals surface area contributed by atoms with Crippen LogP contribution in [0.4, 0.5) is 0 Å². The van der Waals surface area contributed by atoms with Gasteiger partial charge in [0.1, 0.15) is 11.5 Å². The molecule has 0 saturated heterocycles. The quantitative estimate of drug-likeness (QED) is 0.0423. The fraction of sp³-hybridized carbons (Fsp3) is 0.941. The van der Waals surface area contributed by atoms with Gasteiger partial charge in [0.25, 0.3) is 0 Å². The molecule has 0 saturated carbocycles. The van der Waals surface area contributed by atoms with Crippen molar-refractivity contribution in [2.75, 3.05) is 24.7 Å². The van der Waals surface area contributed by atoms with Gasteiger partial charge < -0.3 is 9.47 Å². The van der Waals surface area contributed by atoms with E-state index in [1.165, 1.54) is 163 Å². The third-order valence-electron chi connectivity index (χ3n) is 7.46. The summed E-state index contributed by atoms with van der Waals surface area (Å²) in [6.45, 7) is 5.57. The molecule has 0 atom stereocenters. The van der Waals surface area contributed by atoms with E-state index in [-0.39, 0.29) is 23.4 Å². The van der Waals surface area contributed by atoms with E-state index in [1.807, 2.05) is 0 Å². The van der Waals surface area contributed by atoms with Crippen molar-refractivity contribution in [3.05, 3.63) is 0 Å². The largest absolute Gasteiger partial charge is 0.465 e. The fourth-order valence-corrected chi connectivity index (χ4v) is 6.48. The first-order valence-electron chi connectivity index (χ1n) is 17.3. The number of carbonyl (C=O) groups is 2. The number of ether oxygens (including phenoxy) is 2. The second-order valence-corrected chi connectivity index (χ2v) is 13.9. The van der Waals surface area contributed by atoms with Crippen molar-refractivity contribution in [1.82, 2.24) is 0 Å². The molecule has 0 spiro atoms. The number of hydrogen-bond acceptors (Lipinski definition) is 6. The first-order chi connectivity index (χ1) is 19.7. The zero-order chi connectivity index (χ0) is 29.2. The summed E-state index contributed by atoms with van der Waals surface area (Å²) in [5.74, 6) is 0.207. The van der Waals surface area contributed by atoms with Crippen molar-refractivity contribution in [2.24, 2.45) is 0 Å². The summed E-state index contributed by atoms with van der Waals surface area (Å²) in [6, 6.07) is 0. The lowest BCUT2D eigenvalue weighted by Gasteiger charge is -2.06. The Kier molecular flexibility index (Phi) is 34.5. The summed E-state index contributed by atoms with van der Waals surface area (Å²) in [5.41, 5.74) is 0. The van der Waals surface area contributed by atoms with Gasteiger partial charge in [-0.25, -0.2) is 0 Å². The van der Waals surface area contributed by atoms with Crippen LogP contribution in [-0.2, 0) is 19.1 Å². The number of rotatable bonds is 33. The molecule has 0 heterocycles. The van der Waals surface area contributed by atoms with E-state index >= 15 is 0 Å². The van der Waals surface area contributed by atoms with E-state index in [4.69, 9.17) is 9.47 Å². The van der Waals surface area contributed by atoms with Crippen molar-refractivity contribution in [2.45, 2.75) is 181 Å². The molecule has 0 unspecified atom stereocenters. The maximum absolute atomic E-state index is 11.9. The zero-order valence-electron chi connectivity index (χ0n) is 26.7. The summed E-state index contributed by atoms with van der Waals surface area (Å²) in [7, 11) is 2.76. The molecular weight excluding hydrogens is 537 g/mol. The Morgan fingerprint density at radius 1 is 0.375 bits per heavy atom. The van der Waals surface area contributed by atoms with E-state index in [9.17, 15) is 9.59 Å². The lowest BCUT2D eigenvalue weighted by molar-refractivity contribution is -0.141. The molecule has 0 aromatic rings. The highest BCUT2D eigenvalue weighted by Gasteiger charge is 2.07. The number of unbranched alkanes of at least 4 members (excludes halogenated alkanes) is 24. The monoisotopic (exact) mass is 602 g/mol. The Morgan fingerprint density at radius 3 is 0.850 bits per heavy atom. The average molecular weight is 603 g/mol. The van der Waals surface area contributed by atoms with Crippen LogP contribution < -0.4 is 0 Å². The van der Waals surface area contributed by atoms with E-state index in [0.717, 1.165) is 25.7 Å². The number of esters is 2. The van der Waals surface area contributed by atoms with Gasteiger partial charge in [-0.3, -0.25) is 9.59 Å². The Bertz CT molecular complexity index is 484. The molecule has 0 fully saturated rings. The maximum Gasteiger partial charge on any atom is 0.316 e. The van der Waals surface area contributed by atoms with Crippen molar-refractivity contribution < 1.29 is 19.1 Å². The van der Waals surface area contributed by atoms with Crippen molar-refractivity contribution in [1.29, 1.82) is 0 Å². The van der Waals surface area contributed by atoms with Crippen LogP contribution in [0, 0.1) is 0 Å². The normalized spacial score (nSPS) is 11.2. The van der Waals surface area contributed by atoms with E-state index in [2.05, 4.69) is 13.8 Å². The van der Waals surface area contributed by atoms with Crippen LogP contribution in [0.5, 0.6) is 0 Å². The van der Waals surface area contributed by atoms with Gasteiger partial charge in [0.15, 0.2) is 0 Å². The summed E-state index contributed by atoms with van der Waals surface area (Å²) in [6.07, 6.45) is 34.1. The Morgan fingerprint density at radius 2 is 0.600 bits per heavy atom. The van der Waals surface area contributed by atoms with Crippen LogP contribution in [0.1, 0.15) is 181 Å². The summed E-state index contributed by atoms with van der Waals surface area (Å²) < 4.78 is 10.6. The maximum atomic E-state index is 11.9. The third kappa shape index (κ3) is 33.8. The molecule has 4 nitrogen and oxygen atoms in total. The lowest BCUT2D eigenvalue weighted by Crippen LogP contribution is -2.10. The molecule has 6 heteroatoms. The topological polar surface area (TPSA) is 52.6 Å². The van der Waals surface area contributed by atoms with Gasteiger partial charge in [-0.2, -0.15) is 0 Å². The number of hydrogen-bond donors (Lipinski definition) is 0. The fourth-order valence-electron chi connectivity index (χ4n) is 4.87. The molecule has 0 aliphatic heterocycles. The Hall–Kier alpha value is -0.360. The van der Waals surface area contributed by atoms with Gasteiger partial charge >= 0.3 is 11.9 Å². The van der Waals surface area contributed by atoms with Crippen LogP contribution in [0.25, 0.3) is 0 Å². The van der Waals surface area contributed by atoms with Gasteiger partial charge in [0.2, 0.25) is 0 Å². The molecule has 0 rings (SSSR count). The molecule has 0 aromatic carbocycles. The van der Waals surface area contributed by atoms with E-state index in [0.29, 0.717) is 13.2 Å². The van der Waals surface area contributed by atoms with E-state index < -0.39 is 0 Å². The van der Waals surface area contributed by atoms with Crippen LogP contribution in [0.2, 0.25) is 0 Å². The van der Waals surface area contributed by atoms with Crippen LogP contribution in [0.3, 0.4) is 0 Å². The molecule has 0 radical (unpaired) electrons. The second-order valence-electron chi connectivity index (χ2n) is 11.5. The molecule has 0 aliphatic rings. The van der Waals surface area contributed by atoms with Crippen LogP contribution in [0.15, 0.2) is 0 Å². The van der Waals surface area contributed by atoms with Gasteiger partial charge in [0.05, 0.1) is 13.2 Å². The Labute approximate surface area is 257 Å². The molecular formula is C34H66O4S2. The summed E-state index contributed by atoms with van der Waals surface area (Å²) in [5, 5.41) is 0. The van der Waals surface area contributed by atoms with Crippen molar-refractivity contribution in [3.63, 3.8) is 0 Å². The molecule has 0 aliphatic carbocycles. The first-order valence-corrected chi connectivity index (χ1v) is 19.7. The van der Waals surface area contributed by atoms with Crippen molar-refractivity contribution >= 4 is 33.5 Å². The highest BCUT2D eigenvalue weighted by atomic mass is 33.1. The first kappa shape index (κ1) is 39.6. The van der Waals surface area contributed by atoms with Gasteiger partial charge in [0, 0.05) is 0 Å². The summed E-state index contributed by atoms with van der Waals surface area (Å²) >= 11 is 0. The van der Waals surface area contributed by atoms with Crippen LogP contribution in [-0.4, -0.2) is 36.7 Å². The highest BCUT2D eigenvalue weighted by Crippen LogP contribution is 2.21. The SMILES string of the molecule is CCCCCCCCCCCCCCCOC(=O)CSSCC(=O)OCCCCCCCCCCCCCCC. The smallest absolute Gasteiger partial charge is 0.316 e. The van der Waals surface area contributed by atoms with Crippen LogP contribution >= 0.6 is 21.6 Å². The van der Waals surface area contributed by atoms with Gasteiger partial charge in [-0.1, -0.05) is 190 Å². The Balaban J connectivity index is 3.26. The third-order valence-corrected chi connectivity index (χ3v) is 9.54. The predicted molar refractivity (Wildman–Crippen MR) is 178 cm³/mol. The minimum atomic E-state index is -0.184. The predicted octanol–water partition coefficient (Wildman–Crippen LogP) is 11.6. The lowest BCUT2D eigenvalue weighted by atomic mass is 10.0. The van der Waals surface area contributed by atoms with Gasteiger partial charge in [-0.15, -0.1) is 0 Å². The molecule has 0 N–H and O–H groups in total. The molecule has 0 bridgehead atoms. The minimum absolute atomic E-state index is 0.184. The molecule has 238 valence electrons. The standard InChI is InChI=1S/C34H66O4S2/c1-3-5-7-9-11-13-15-17-19-21-23-25-27-29-37-33(35)31-39-40-32-34(36)38-30-28-26-24-22-20-18-16-14-12-10-8-6-4-2/h3-32H2,1-2H3. The summed E-state index contributed by atoms with van der Waals surface area (Å²) in [4.78, 5) is 23.7. The second kappa shape index (κ2) is 34.8.